The Balaban J connectivity index is 2.06. The molecule has 1 unspecified atom stereocenters. The van der Waals surface area contributed by atoms with Crippen LogP contribution in [0.5, 0.6) is 0 Å². The zero-order chi connectivity index (χ0) is 14.3. The van der Waals surface area contributed by atoms with E-state index >= 15 is 0 Å². The van der Waals surface area contributed by atoms with Gasteiger partial charge in [0.05, 0.1) is 5.69 Å². The van der Waals surface area contributed by atoms with Crippen LogP contribution in [0, 0.1) is 0 Å². The fourth-order valence-corrected chi connectivity index (χ4v) is 2.99. The minimum Gasteiger partial charge on any atom is -0.237 e. The van der Waals surface area contributed by atoms with E-state index in [4.69, 9.17) is 16.6 Å². The molecule has 1 aromatic heterocycles. The molecule has 0 bridgehead atoms. The normalized spacial score (nSPS) is 18.1. The molecule has 20 heavy (non-hydrogen) atoms. The summed E-state index contributed by atoms with van der Waals surface area (Å²) in [5, 5.41) is 0.546. The number of fused-ring (bicyclic) bond motifs is 1. The van der Waals surface area contributed by atoms with Crippen LogP contribution in [0.2, 0.25) is 5.15 Å². The molecule has 1 heterocycles. The average molecular weight is 287 g/mol. The van der Waals surface area contributed by atoms with Crippen molar-refractivity contribution in [1.82, 2.24) is 9.97 Å². The van der Waals surface area contributed by atoms with Crippen molar-refractivity contribution in [3.8, 4) is 0 Å². The van der Waals surface area contributed by atoms with Gasteiger partial charge in [-0.25, -0.2) is 9.97 Å². The van der Waals surface area contributed by atoms with E-state index in [1.165, 1.54) is 11.1 Å². The molecule has 104 valence electrons. The molecular weight excluding hydrogens is 268 g/mol. The quantitative estimate of drug-likeness (QED) is 0.721. The van der Waals surface area contributed by atoms with Crippen LogP contribution in [-0.4, -0.2) is 9.97 Å². The first-order valence-electron chi connectivity index (χ1n) is 7.08. The number of hydrogen-bond acceptors (Lipinski definition) is 2. The maximum absolute atomic E-state index is 6.21. The Morgan fingerprint density at radius 1 is 1.15 bits per heavy atom. The molecule has 0 radical (unpaired) electrons. The first kappa shape index (κ1) is 13.6. The van der Waals surface area contributed by atoms with Gasteiger partial charge in [0, 0.05) is 11.3 Å². The number of aromatic nitrogens is 2. The number of nitrogens with zero attached hydrogens (tertiary/aromatic N) is 2. The Hall–Kier alpha value is -1.41. The van der Waals surface area contributed by atoms with Crippen LogP contribution in [-0.2, 0) is 11.8 Å². The van der Waals surface area contributed by atoms with E-state index < -0.39 is 0 Å². The molecule has 1 aliphatic rings. The summed E-state index contributed by atoms with van der Waals surface area (Å²) in [7, 11) is 0. The van der Waals surface area contributed by atoms with E-state index in [2.05, 4.69) is 50.0 Å². The second kappa shape index (κ2) is 4.85. The summed E-state index contributed by atoms with van der Waals surface area (Å²) in [5.41, 5.74) is 3.77. The molecular formula is C17H19ClN2. The highest BCUT2D eigenvalue weighted by Crippen LogP contribution is 2.37. The molecule has 1 atom stereocenters. The summed E-state index contributed by atoms with van der Waals surface area (Å²) >= 11 is 6.21. The van der Waals surface area contributed by atoms with E-state index in [1.807, 2.05) is 6.07 Å². The van der Waals surface area contributed by atoms with E-state index in [0.717, 1.165) is 24.4 Å². The molecule has 0 amide bonds. The highest BCUT2D eigenvalue weighted by atomic mass is 35.5. The zero-order valence-corrected chi connectivity index (χ0v) is 12.9. The van der Waals surface area contributed by atoms with Crippen molar-refractivity contribution in [2.75, 3.05) is 0 Å². The van der Waals surface area contributed by atoms with Crippen molar-refractivity contribution in [1.29, 1.82) is 0 Å². The van der Waals surface area contributed by atoms with Gasteiger partial charge in [-0.3, -0.25) is 0 Å². The minimum atomic E-state index is -0.0144. The van der Waals surface area contributed by atoms with Crippen LogP contribution < -0.4 is 0 Å². The van der Waals surface area contributed by atoms with Gasteiger partial charge in [-0.05, 0) is 30.0 Å². The fourth-order valence-electron chi connectivity index (χ4n) is 2.80. The van der Waals surface area contributed by atoms with E-state index in [9.17, 15) is 0 Å². The van der Waals surface area contributed by atoms with Crippen molar-refractivity contribution >= 4 is 11.6 Å². The maximum atomic E-state index is 6.21. The lowest BCUT2D eigenvalue weighted by atomic mass is 9.91. The fraction of sp³-hybridized carbons (Fsp3) is 0.412. The third-order valence-electron chi connectivity index (χ3n) is 3.93. The minimum absolute atomic E-state index is 0.0144. The van der Waals surface area contributed by atoms with Gasteiger partial charge in [-0.15, -0.1) is 0 Å². The molecule has 0 saturated carbocycles. The van der Waals surface area contributed by atoms with Crippen LogP contribution in [0.1, 0.15) is 55.8 Å². The van der Waals surface area contributed by atoms with Crippen molar-refractivity contribution in [3.05, 3.63) is 58.1 Å². The van der Waals surface area contributed by atoms with E-state index in [1.54, 1.807) is 0 Å². The molecule has 0 N–H and O–H groups in total. The monoisotopic (exact) mass is 286 g/mol. The van der Waals surface area contributed by atoms with Gasteiger partial charge in [0.15, 0.2) is 0 Å². The number of halogens is 1. The molecule has 0 fully saturated rings. The van der Waals surface area contributed by atoms with Crippen LogP contribution in [0.4, 0.5) is 0 Å². The second-order valence-corrected chi connectivity index (χ2v) is 6.86. The van der Waals surface area contributed by atoms with Crippen molar-refractivity contribution in [3.63, 3.8) is 0 Å². The Morgan fingerprint density at radius 3 is 2.65 bits per heavy atom. The summed E-state index contributed by atoms with van der Waals surface area (Å²) in [5.74, 6) is 1.15. The van der Waals surface area contributed by atoms with Crippen molar-refractivity contribution in [2.45, 2.75) is 44.9 Å². The number of hydrogen-bond donors (Lipinski definition) is 0. The maximum Gasteiger partial charge on any atom is 0.137 e. The summed E-state index contributed by atoms with van der Waals surface area (Å²) in [6.45, 7) is 6.45. The Morgan fingerprint density at radius 2 is 1.90 bits per heavy atom. The standard InChI is InChI=1S/C17H19ClN2/c1-17(2,3)14-10-15(18)20-16(19-14)13-9-8-11-6-4-5-7-12(11)13/h4-7,10,13H,8-9H2,1-3H3. The van der Waals surface area contributed by atoms with E-state index in [-0.39, 0.29) is 11.3 Å². The van der Waals surface area contributed by atoms with Gasteiger partial charge in [0.25, 0.3) is 0 Å². The molecule has 0 spiro atoms. The molecule has 1 aliphatic carbocycles. The summed E-state index contributed by atoms with van der Waals surface area (Å²) in [6, 6.07) is 10.5. The predicted molar refractivity (Wildman–Crippen MR) is 82.3 cm³/mol. The van der Waals surface area contributed by atoms with Gasteiger partial charge in [-0.1, -0.05) is 56.6 Å². The van der Waals surface area contributed by atoms with Gasteiger partial charge in [0.2, 0.25) is 0 Å². The third-order valence-corrected chi connectivity index (χ3v) is 4.12. The Bertz CT molecular complexity index is 644. The lowest BCUT2D eigenvalue weighted by Gasteiger charge is -2.20. The largest absolute Gasteiger partial charge is 0.237 e. The number of benzene rings is 1. The van der Waals surface area contributed by atoms with Crippen LogP contribution in [0.3, 0.4) is 0 Å². The van der Waals surface area contributed by atoms with E-state index in [0.29, 0.717) is 5.15 Å². The summed E-state index contributed by atoms with van der Waals surface area (Å²) < 4.78 is 0. The zero-order valence-electron chi connectivity index (χ0n) is 12.2. The van der Waals surface area contributed by atoms with Crippen molar-refractivity contribution < 1.29 is 0 Å². The van der Waals surface area contributed by atoms with Gasteiger partial charge in [-0.2, -0.15) is 0 Å². The first-order valence-corrected chi connectivity index (χ1v) is 7.46. The lowest BCUT2D eigenvalue weighted by Crippen LogP contribution is -2.16. The van der Waals surface area contributed by atoms with Gasteiger partial charge < -0.3 is 0 Å². The summed E-state index contributed by atoms with van der Waals surface area (Å²) in [4.78, 5) is 9.27. The molecule has 3 rings (SSSR count). The van der Waals surface area contributed by atoms with Crippen LogP contribution in [0.15, 0.2) is 30.3 Å². The summed E-state index contributed by atoms with van der Waals surface area (Å²) in [6.07, 6.45) is 2.17. The average Bonchev–Trinajstić information content (AvgIpc) is 2.80. The highest BCUT2D eigenvalue weighted by Gasteiger charge is 2.27. The topological polar surface area (TPSA) is 25.8 Å². The highest BCUT2D eigenvalue weighted by molar-refractivity contribution is 6.29. The SMILES string of the molecule is CC(C)(C)c1cc(Cl)nc(C2CCc3ccccc32)n1. The molecule has 3 heteroatoms. The predicted octanol–water partition coefficient (Wildman–Crippen LogP) is 4.51. The van der Waals surface area contributed by atoms with Gasteiger partial charge >= 0.3 is 0 Å². The first-order chi connectivity index (χ1) is 9.45. The molecule has 2 aromatic rings. The van der Waals surface area contributed by atoms with Crippen molar-refractivity contribution in [2.24, 2.45) is 0 Å². The van der Waals surface area contributed by atoms with Crippen LogP contribution >= 0.6 is 11.6 Å². The second-order valence-electron chi connectivity index (χ2n) is 6.47. The Labute approximate surface area is 125 Å². The molecule has 0 aliphatic heterocycles. The molecule has 2 nitrogen and oxygen atoms in total. The molecule has 1 aromatic carbocycles. The number of aryl methyl sites for hydroxylation is 1. The van der Waals surface area contributed by atoms with Crippen LogP contribution in [0.25, 0.3) is 0 Å². The third kappa shape index (κ3) is 2.45. The lowest BCUT2D eigenvalue weighted by molar-refractivity contribution is 0.557. The smallest absolute Gasteiger partial charge is 0.137 e. The van der Waals surface area contributed by atoms with Gasteiger partial charge in [0.1, 0.15) is 11.0 Å². The Kier molecular flexibility index (Phi) is 3.29. The molecule has 0 saturated heterocycles. The number of rotatable bonds is 1.